The summed E-state index contributed by atoms with van der Waals surface area (Å²) in [4.78, 5) is 4.34. The Balaban J connectivity index is 0.00000289. The largest absolute Gasteiger partial charge is 0.382 e. The van der Waals surface area contributed by atoms with E-state index in [9.17, 15) is 0 Å². The van der Waals surface area contributed by atoms with Crippen LogP contribution < -0.4 is 11.1 Å². The number of nitrogens with two attached hydrogens (primary N) is 1. The molecule has 0 heterocycles. The number of rotatable bonds is 7. The molecule has 1 rings (SSSR count). The molecule has 0 saturated heterocycles. The minimum atomic E-state index is 0. The number of nitrogens with one attached hydrogen (secondary N) is 1. The van der Waals surface area contributed by atoms with Gasteiger partial charge in [-0.3, -0.25) is 4.99 Å². The lowest BCUT2D eigenvalue weighted by molar-refractivity contribution is 0.144. The maximum absolute atomic E-state index is 5.85. The molecule has 1 saturated carbocycles. The van der Waals surface area contributed by atoms with Crippen molar-refractivity contribution in [3.8, 4) is 0 Å². The highest BCUT2D eigenvalue weighted by Crippen LogP contribution is 2.16. The summed E-state index contributed by atoms with van der Waals surface area (Å²) in [5.41, 5.74) is 5.85. The third-order valence-corrected chi connectivity index (χ3v) is 3.14. The first-order valence-electron chi connectivity index (χ1n) is 6.97. The zero-order valence-corrected chi connectivity index (χ0v) is 13.8. The van der Waals surface area contributed by atoms with Crippen LogP contribution >= 0.6 is 24.0 Å². The normalized spacial score (nSPS) is 17.3. The Labute approximate surface area is 128 Å². The lowest BCUT2D eigenvalue weighted by Crippen LogP contribution is -2.41. The second kappa shape index (κ2) is 12.0. The first kappa shape index (κ1) is 18.0. The van der Waals surface area contributed by atoms with Crippen LogP contribution in [0, 0.1) is 0 Å². The third kappa shape index (κ3) is 8.97. The van der Waals surface area contributed by atoms with Crippen LogP contribution in [0.1, 0.15) is 51.9 Å². The van der Waals surface area contributed by atoms with Crippen LogP contribution in [0.3, 0.4) is 0 Å². The minimum Gasteiger partial charge on any atom is -0.382 e. The van der Waals surface area contributed by atoms with Crippen LogP contribution in [0.15, 0.2) is 4.99 Å². The average Bonchev–Trinajstić information content (AvgIpc) is 2.35. The van der Waals surface area contributed by atoms with E-state index in [1.807, 2.05) is 6.92 Å². The van der Waals surface area contributed by atoms with E-state index in [1.54, 1.807) is 0 Å². The molecule has 0 amide bonds. The molecule has 0 aromatic rings. The number of ether oxygens (including phenoxy) is 1. The van der Waals surface area contributed by atoms with Crippen molar-refractivity contribution in [3.63, 3.8) is 0 Å². The van der Waals surface area contributed by atoms with Gasteiger partial charge in [-0.25, -0.2) is 0 Å². The van der Waals surface area contributed by atoms with Gasteiger partial charge in [0.15, 0.2) is 5.96 Å². The average molecular weight is 369 g/mol. The van der Waals surface area contributed by atoms with E-state index in [2.05, 4.69) is 10.3 Å². The maximum atomic E-state index is 5.85. The fourth-order valence-electron chi connectivity index (χ4n) is 2.16. The van der Waals surface area contributed by atoms with Crippen molar-refractivity contribution in [2.45, 2.75) is 57.9 Å². The number of hydrogen-bond acceptors (Lipinski definition) is 2. The Hall–Kier alpha value is -0.0400. The van der Waals surface area contributed by atoms with Gasteiger partial charge < -0.3 is 15.8 Å². The number of halogens is 1. The predicted octanol–water partition coefficient (Wildman–Crippen LogP) is 2.66. The zero-order chi connectivity index (χ0) is 12.3. The summed E-state index contributed by atoms with van der Waals surface area (Å²) in [7, 11) is 0. The topological polar surface area (TPSA) is 59.6 Å². The predicted molar refractivity (Wildman–Crippen MR) is 87.6 cm³/mol. The second-order valence-corrected chi connectivity index (χ2v) is 4.65. The monoisotopic (exact) mass is 369 g/mol. The van der Waals surface area contributed by atoms with E-state index >= 15 is 0 Å². The summed E-state index contributed by atoms with van der Waals surface area (Å²) in [6.45, 7) is 4.46. The number of hydrogen-bond donors (Lipinski definition) is 2. The van der Waals surface area contributed by atoms with Crippen LogP contribution in [0.25, 0.3) is 0 Å². The van der Waals surface area contributed by atoms with E-state index < -0.39 is 0 Å². The highest BCUT2D eigenvalue weighted by Gasteiger charge is 2.12. The summed E-state index contributed by atoms with van der Waals surface area (Å²) in [6, 6.07) is 0.552. The number of unbranched alkanes of at least 4 members (excludes halogenated alkanes) is 1. The molecule has 3 N–H and O–H groups in total. The molecule has 0 bridgehead atoms. The lowest BCUT2D eigenvalue weighted by Gasteiger charge is -2.23. The molecule has 0 atom stereocenters. The van der Waals surface area contributed by atoms with E-state index in [-0.39, 0.29) is 24.0 Å². The summed E-state index contributed by atoms with van der Waals surface area (Å²) < 4.78 is 5.27. The molecule has 108 valence electrons. The van der Waals surface area contributed by atoms with Gasteiger partial charge in [0.2, 0.25) is 0 Å². The molecular weight excluding hydrogens is 341 g/mol. The summed E-state index contributed by atoms with van der Waals surface area (Å²) in [5.74, 6) is 0.619. The van der Waals surface area contributed by atoms with Crippen molar-refractivity contribution in [2.24, 2.45) is 10.7 Å². The van der Waals surface area contributed by atoms with Crippen LogP contribution in [0.2, 0.25) is 0 Å². The van der Waals surface area contributed by atoms with E-state index in [1.165, 1.54) is 32.1 Å². The van der Waals surface area contributed by atoms with Gasteiger partial charge >= 0.3 is 0 Å². The standard InChI is InChI=1S/C13H27N3O.HI/c1-2-17-11-7-6-10-15-13(14)16-12-8-4-3-5-9-12;/h12H,2-11H2,1H3,(H3,14,15,16);1H. The van der Waals surface area contributed by atoms with Gasteiger partial charge in [-0.1, -0.05) is 19.3 Å². The number of aliphatic imine (C=N–C) groups is 1. The van der Waals surface area contributed by atoms with Gasteiger partial charge in [0.05, 0.1) is 0 Å². The number of nitrogens with zero attached hydrogens (tertiary/aromatic N) is 1. The molecule has 0 unspecified atom stereocenters. The summed E-state index contributed by atoms with van der Waals surface area (Å²) in [5, 5.41) is 3.32. The SMILES string of the molecule is CCOCCCCN=C(N)NC1CCCCC1.I. The van der Waals surface area contributed by atoms with E-state index in [0.717, 1.165) is 32.6 Å². The summed E-state index contributed by atoms with van der Waals surface area (Å²) >= 11 is 0. The Morgan fingerprint density at radius 2 is 2.00 bits per heavy atom. The first-order valence-corrected chi connectivity index (χ1v) is 6.97. The van der Waals surface area contributed by atoms with Crippen molar-refractivity contribution in [1.29, 1.82) is 0 Å². The van der Waals surface area contributed by atoms with Crippen LogP contribution in [0.4, 0.5) is 0 Å². The van der Waals surface area contributed by atoms with Crippen LogP contribution in [-0.4, -0.2) is 31.8 Å². The molecule has 5 heteroatoms. The Morgan fingerprint density at radius 1 is 1.28 bits per heavy atom. The molecule has 4 nitrogen and oxygen atoms in total. The van der Waals surface area contributed by atoms with Crippen molar-refractivity contribution in [3.05, 3.63) is 0 Å². The fourth-order valence-corrected chi connectivity index (χ4v) is 2.16. The molecule has 0 spiro atoms. The first-order chi connectivity index (χ1) is 8.33. The molecule has 18 heavy (non-hydrogen) atoms. The molecular formula is C13H28IN3O. The lowest BCUT2D eigenvalue weighted by atomic mass is 9.96. The highest BCUT2D eigenvalue weighted by atomic mass is 127. The van der Waals surface area contributed by atoms with Crippen LogP contribution in [-0.2, 0) is 4.74 Å². The number of guanidine groups is 1. The fraction of sp³-hybridized carbons (Fsp3) is 0.923. The van der Waals surface area contributed by atoms with Crippen molar-refractivity contribution in [2.75, 3.05) is 19.8 Å². The van der Waals surface area contributed by atoms with Gasteiger partial charge in [0, 0.05) is 25.8 Å². The van der Waals surface area contributed by atoms with Gasteiger partial charge in [-0.2, -0.15) is 0 Å². The maximum Gasteiger partial charge on any atom is 0.188 e. The van der Waals surface area contributed by atoms with Crippen LogP contribution in [0.5, 0.6) is 0 Å². The Morgan fingerprint density at radius 3 is 2.67 bits per heavy atom. The van der Waals surface area contributed by atoms with Gasteiger partial charge in [0.1, 0.15) is 0 Å². The van der Waals surface area contributed by atoms with Crippen molar-refractivity contribution >= 4 is 29.9 Å². The molecule has 0 aromatic carbocycles. The molecule has 1 aliphatic rings. The van der Waals surface area contributed by atoms with Crippen molar-refractivity contribution < 1.29 is 4.74 Å². The van der Waals surface area contributed by atoms with Gasteiger partial charge in [0.25, 0.3) is 0 Å². The molecule has 0 aliphatic heterocycles. The van der Waals surface area contributed by atoms with Gasteiger partial charge in [-0.15, -0.1) is 24.0 Å². The second-order valence-electron chi connectivity index (χ2n) is 4.65. The summed E-state index contributed by atoms with van der Waals surface area (Å²) in [6.07, 6.45) is 8.59. The quantitative estimate of drug-likeness (QED) is 0.314. The van der Waals surface area contributed by atoms with E-state index in [4.69, 9.17) is 10.5 Å². The zero-order valence-electron chi connectivity index (χ0n) is 11.5. The third-order valence-electron chi connectivity index (χ3n) is 3.14. The Bertz CT molecular complexity index is 218. The highest BCUT2D eigenvalue weighted by molar-refractivity contribution is 14.0. The Kier molecular flexibility index (Phi) is 12.0. The minimum absolute atomic E-state index is 0. The van der Waals surface area contributed by atoms with E-state index in [0.29, 0.717) is 12.0 Å². The smallest absolute Gasteiger partial charge is 0.188 e. The molecule has 0 radical (unpaired) electrons. The van der Waals surface area contributed by atoms with Gasteiger partial charge in [-0.05, 0) is 32.6 Å². The molecule has 0 aromatic heterocycles. The molecule has 1 aliphatic carbocycles. The van der Waals surface area contributed by atoms with Crippen molar-refractivity contribution in [1.82, 2.24) is 5.32 Å². The molecule has 1 fully saturated rings.